The molecule has 1 aliphatic rings. The topological polar surface area (TPSA) is 85.3 Å². The fourth-order valence-corrected chi connectivity index (χ4v) is 4.36. The second-order valence-corrected chi connectivity index (χ2v) is 8.05. The van der Waals surface area contributed by atoms with E-state index in [1.807, 2.05) is 36.4 Å². The van der Waals surface area contributed by atoms with Crippen LogP contribution in [0.4, 0.5) is 0 Å². The molecule has 1 atom stereocenters. The summed E-state index contributed by atoms with van der Waals surface area (Å²) < 4.78 is 16.4. The van der Waals surface area contributed by atoms with Crippen molar-refractivity contribution in [2.24, 2.45) is 0 Å². The molecule has 7 nitrogen and oxygen atoms in total. The van der Waals surface area contributed by atoms with Crippen LogP contribution in [0.3, 0.4) is 0 Å². The number of carbonyl (C=O) groups excluding carboxylic acids is 2. The number of ketones is 1. The van der Waals surface area contributed by atoms with Crippen molar-refractivity contribution in [1.29, 1.82) is 0 Å². The molecule has 3 aromatic carbocycles. The average molecular weight is 474 g/mol. The second kappa shape index (κ2) is 10.3. The SMILES string of the molecule is COc1cc(C2/C(=C(\O)c3ccccc3)C(=O)C(=O)N2CCc2ccccc2)cc(OC)c1OC. The van der Waals surface area contributed by atoms with Crippen LogP contribution in [-0.2, 0) is 16.0 Å². The number of hydrogen-bond donors (Lipinski definition) is 1. The van der Waals surface area contributed by atoms with Gasteiger partial charge in [0.2, 0.25) is 5.75 Å². The van der Waals surface area contributed by atoms with Crippen molar-refractivity contribution in [2.75, 3.05) is 27.9 Å². The predicted molar refractivity (Wildman–Crippen MR) is 132 cm³/mol. The summed E-state index contributed by atoms with van der Waals surface area (Å²) in [5.41, 5.74) is 2.06. The highest BCUT2D eigenvalue weighted by atomic mass is 16.5. The highest BCUT2D eigenvalue weighted by Crippen LogP contribution is 2.45. The summed E-state index contributed by atoms with van der Waals surface area (Å²) >= 11 is 0. The van der Waals surface area contributed by atoms with E-state index >= 15 is 0 Å². The second-order valence-electron chi connectivity index (χ2n) is 8.05. The van der Waals surface area contributed by atoms with Gasteiger partial charge >= 0.3 is 0 Å². The van der Waals surface area contributed by atoms with Crippen molar-refractivity contribution in [3.8, 4) is 17.2 Å². The third-order valence-corrected chi connectivity index (χ3v) is 6.07. The van der Waals surface area contributed by atoms with Crippen LogP contribution in [-0.4, -0.2) is 49.6 Å². The Morgan fingerprint density at radius 1 is 0.857 bits per heavy atom. The van der Waals surface area contributed by atoms with Gasteiger partial charge in [0.15, 0.2) is 11.5 Å². The Bertz CT molecular complexity index is 1230. The van der Waals surface area contributed by atoms with E-state index in [0.717, 1.165) is 5.56 Å². The van der Waals surface area contributed by atoms with Gasteiger partial charge in [0.25, 0.3) is 11.7 Å². The molecule has 1 amide bonds. The Labute approximate surface area is 204 Å². The summed E-state index contributed by atoms with van der Waals surface area (Å²) in [6, 6.07) is 21.0. The molecule has 0 bridgehead atoms. The largest absolute Gasteiger partial charge is 0.507 e. The number of ether oxygens (including phenoxy) is 3. The quantitative estimate of drug-likeness (QED) is 0.297. The summed E-state index contributed by atoms with van der Waals surface area (Å²) in [4.78, 5) is 28.0. The third-order valence-electron chi connectivity index (χ3n) is 6.07. The standard InChI is InChI=1S/C28H27NO6/c1-33-21-16-20(17-22(34-2)27(21)35-3)24-23(25(30)19-12-8-5-9-13-19)26(31)28(32)29(24)15-14-18-10-6-4-7-11-18/h4-13,16-17,24,30H,14-15H2,1-3H3/b25-23+. The molecule has 0 aliphatic carbocycles. The van der Waals surface area contributed by atoms with E-state index < -0.39 is 17.7 Å². The van der Waals surface area contributed by atoms with Gasteiger partial charge in [-0.05, 0) is 29.7 Å². The van der Waals surface area contributed by atoms with Crippen molar-refractivity contribution < 1.29 is 28.9 Å². The molecule has 1 fully saturated rings. The zero-order valence-corrected chi connectivity index (χ0v) is 19.9. The van der Waals surface area contributed by atoms with Crippen LogP contribution in [0.15, 0.2) is 78.4 Å². The molecule has 0 saturated carbocycles. The van der Waals surface area contributed by atoms with Gasteiger partial charge in [-0.15, -0.1) is 0 Å². The number of likely N-dealkylation sites (tertiary alicyclic amines) is 1. The minimum atomic E-state index is -0.840. The third kappa shape index (κ3) is 4.57. The highest BCUT2D eigenvalue weighted by Gasteiger charge is 2.46. The number of aliphatic hydroxyl groups excluding tert-OH is 1. The molecular formula is C28H27NO6. The number of amides is 1. The van der Waals surface area contributed by atoms with Crippen molar-refractivity contribution in [3.63, 3.8) is 0 Å². The lowest BCUT2D eigenvalue weighted by molar-refractivity contribution is -0.139. The van der Waals surface area contributed by atoms with E-state index in [1.165, 1.54) is 26.2 Å². The van der Waals surface area contributed by atoms with Gasteiger partial charge in [-0.2, -0.15) is 0 Å². The smallest absolute Gasteiger partial charge is 0.295 e. The van der Waals surface area contributed by atoms with Gasteiger partial charge in [-0.25, -0.2) is 0 Å². The first-order valence-corrected chi connectivity index (χ1v) is 11.2. The fourth-order valence-electron chi connectivity index (χ4n) is 4.36. The summed E-state index contributed by atoms with van der Waals surface area (Å²) in [6.07, 6.45) is 0.542. The van der Waals surface area contributed by atoms with Gasteiger partial charge in [-0.1, -0.05) is 60.7 Å². The maximum atomic E-state index is 13.3. The van der Waals surface area contributed by atoms with Gasteiger partial charge in [-0.3, -0.25) is 9.59 Å². The molecule has 1 unspecified atom stereocenters. The Hall–Kier alpha value is -4.26. The van der Waals surface area contributed by atoms with Crippen molar-refractivity contribution >= 4 is 17.4 Å². The minimum Gasteiger partial charge on any atom is -0.507 e. The number of methoxy groups -OCH3 is 3. The zero-order chi connectivity index (χ0) is 24.9. The van der Waals surface area contributed by atoms with E-state index in [2.05, 4.69) is 0 Å². The van der Waals surface area contributed by atoms with Crippen LogP contribution in [0, 0.1) is 0 Å². The number of nitrogens with zero attached hydrogens (tertiary/aromatic N) is 1. The molecule has 0 aromatic heterocycles. The molecule has 0 spiro atoms. The number of carbonyl (C=O) groups is 2. The maximum Gasteiger partial charge on any atom is 0.295 e. The lowest BCUT2D eigenvalue weighted by atomic mass is 9.94. The summed E-state index contributed by atoms with van der Waals surface area (Å²) in [5.74, 6) is -0.478. The van der Waals surface area contributed by atoms with Crippen molar-refractivity contribution in [2.45, 2.75) is 12.5 Å². The number of Topliss-reactive ketones (excluding diaryl/α,β-unsaturated/α-hetero) is 1. The average Bonchev–Trinajstić information content (AvgIpc) is 3.16. The van der Waals surface area contributed by atoms with Gasteiger partial charge in [0.05, 0.1) is 32.9 Å². The molecule has 35 heavy (non-hydrogen) atoms. The number of hydrogen-bond acceptors (Lipinski definition) is 6. The Kier molecular flexibility index (Phi) is 7.06. The number of benzene rings is 3. The maximum absolute atomic E-state index is 13.3. The Balaban J connectivity index is 1.87. The molecule has 3 aromatic rings. The van der Waals surface area contributed by atoms with Gasteiger partial charge in [0, 0.05) is 12.1 Å². The van der Waals surface area contributed by atoms with Crippen LogP contribution in [0.25, 0.3) is 5.76 Å². The molecule has 1 aliphatic heterocycles. The van der Waals surface area contributed by atoms with Gasteiger partial charge in [0.1, 0.15) is 5.76 Å². The van der Waals surface area contributed by atoms with E-state index in [9.17, 15) is 14.7 Å². The lowest BCUT2D eigenvalue weighted by Gasteiger charge is -2.26. The molecule has 1 N–H and O–H groups in total. The minimum absolute atomic E-state index is 0.0172. The van der Waals surface area contributed by atoms with E-state index in [-0.39, 0.29) is 17.9 Å². The molecular weight excluding hydrogens is 446 g/mol. The first-order chi connectivity index (χ1) is 17.0. The zero-order valence-electron chi connectivity index (χ0n) is 19.9. The normalized spacial score (nSPS) is 16.9. The first-order valence-electron chi connectivity index (χ1n) is 11.2. The van der Waals surface area contributed by atoms with Crippen LogP contribution in [0.5, 0.6) is 17.2 Å². The van der Waals surface area contributed by atoms with E-state index in [0.29, 0.717) is 34.8 Å². The van der Waals surface area contributed by atoms with Crippen molar-refractivity contribution in [1.82, 2.24) is 4.90 Å². The van der Waals surface area contributed by atoms with Crippen molar-refractivity contribution in [3.05, 3.63) is 95.1 Å². The molecule has 1 heterocycles. The van der Waals surface area contributed by atoms with Crippen LogP contribution >= 0.6 is 0 Å². The van der Waals surface area contributed by atoms with E-state index in [4.69, 9.17) is 14.2 Å². The molecule has 4 rings (SSSR count). The van der Waals surface area contributed by atoms with Gasteiger partial charge < -0.3 is 24.2 Å². The lowest BCUT2D eigenvalue weighted by Crippen LogP contribution is -2.31. The van der Waals surface area contributed by atoms with Crippen LogP contribution < -0.4 is 14.2 Å². The van der Waals surface area contributed by atoms with Crippen LogP contribution in [0.1, 0.15) is 22.7 Å². The predicted octanol–water partition coefficient (Wildman–Crippen LogP) is 4.38. The summed E-state index contributed by atoms with van der Waals surface area (Å²) in [6.45, 7) is 0.279. The monoisotopic (exact) mass is 473 g/mol. The Morgan fingerprint density at radius 3 is 1.97 bits per heavy atom. The molecule has 0 radical (unpaired) electrons. The fraction of sp³-hybridized carbons (Fsp3) is 0.214. The molecule has 180 valence electrons. The number of aliphatic hydroxyl groups is 1. The molecule has 1 saturated heterocycles. The Morgan fingerprint density at radius 2 is 1.43 bits per heavy atom. The number of rotatable bonds is 8. The van der Waals surface area contributed by atoms with Crippen LogP contribution in [0.2, 0.25) is 0 Å². The summed E-state index contributed by atoms with van der Waals surface area (Å²) in [5, 5.41) is 11.2. The summed E-state index contributed by atoms with van der Waals surface area (Å²) in [7, 11) is 4.50. The van der Waals surface area contributed by atoms with E-state index in [1.54, 1.807) is 36.4 Å². The highest BCUT2D eigenvalue weighted by molar-refractivity contribution is 6.46. The molecule has 7 heteroatoms. The first kappa shape index (κ1) is 23.9.